The molecule has 0 bridgehead atoms. The van der Waals surface area contributed by atoms with Crippen LogP contribution in [0.25, 0.3) is 6.08 Å². The van der Waals surface area contributed by atoms with E-state index in [2.05, 4.69) is 81.5 Å². The number of nitrogens with zero attached hydrogens (tertiary/aromatic N) is 3. The highest BCUT2D eigenvalue weighted by atomic mass is 16.5. The van der Waals surface area contributed by atoms with Crippen molar-refractivity contribution in [1.82, 2.24) is 20.9 Å². The standard InChI is InChI=1S/C47H62N6O7/c1-46(2,3)39(48-44(57)59-7)42(55)50-41(54)38-17-13-28-52(38)37-26-23-34(24-27-37)31-51(35-14-10-9-11-15-35)30-33-20-18-32(19-21-33)22-25-36-16-12-29-53(36)43(56)40(47(4,5)6)49-45(58)60-8/h9-11,14-15,18-27,36,38-40H,12-13,16-17,28-31H2,1-8H3,(H,48,57)(H,49,58)(H,50,54,55)/b25-22+/t36-,38-,39+,40+/m0/s1. The number of para-hydroxylation sites is 1. The van der Waals surface area contributed by atoms with Crippen LogP contribution in [0, 0.1) is 10.8 Å². The van der Waals surface area contributed by atoms with Gasteiger partial charge in [-0.05, 0) is 77.5 Å². The monoisotopic (exact) mass is 822 g/mol. The summed E-state index contributed by atoms with van der Waals surface area (Å²) in [5.74, 6) is -1.07. The van der Waals surface area contributed by atoms with Crippen LogP contribution in [-0.4, -0.2) is 86.3 Å². The van der Waals surface area contributed by atoms with E-state index in [0.29, 0.717) is 32.6 Å². The summed E-state index contributed by atoms with van der Waals surface area (Å²) < 4.78 is 9.50. The Kier molecular flexibility index (Phi) is 15.0. The first-order valence-electron chi connectivity index (χ1n) is 20.8. The first-order chi connectivity index (χ1) is 28.5. The number of likely N-dealkylation sites (tertiary alicyclic amines) is 1. The number of hydrogen-bond acceptors (Lipinski definition) is 9. The molecule has 60 heavy (non-hydrogen) atoms. The molecule has 13 heteroatoms. The van der Waals surface area contributed by atoms with E-state index in [0.717, 1.165) is 47.3 Å². The lowest BCUT2D eigenvalue weighted by Crippen LogP contribution is -2.57. The minimum Gasteiger partial charge on any atom is -0.453 e. The summed E-state index contributed by atoms with van der Waals surface area (Å²) in [5, 5.41) is 7.85. The van der Waals surface area contributed by atoms with E-state index < -0.39 is 53.0 Å². The zero-order chi connectivity index (χ0) is 43.6. The van der Waals surface area contributed by atoms with Crippen LogP contribution in [0.15, 0.2) is 84.9 Å². The van der Waals surface area contributed by atoms with Crippen molar-refractivity contribution in [3.05, 3.63) is 102 Å². The molecule has 5 amide bonds. The fourth-order valence-electron chi connectivity index (χ4n) is 7.80. The van der Waals surface area contributed by atoms with Crippen LogP contribution in [0.2, 0.25) is 0 Å². The average molecular weight is 823 g/mol. The molecular weight excluding hydrogens is 761 g/mol. The van der Waals surface area contributed by atoms with Crippen molar-refractivity contribution in [3.63, 3.8) is 0 Å². The van der Waals surface area contributed by atoms with Crippen LogP contribution in [0.1, 0.15) is 83.9 Å². The van der Waals surface area contributed by atoms with Gasteiger partial charge in [0.25, 0.3) is 0 Å². The minimum atomic E-state index is -0.955. The molecule has 0 spiro atoms. The number of rotatable bonds is 13. The number of benzene rings is 3. The van der Waals surface area contributed by atoms with Gasteiger partial charge in [0.15, 0.2) is 0 Å². The van der Waals surface area contributed by atoms with E-state index in [1.165, 1.54) is 14.2 Å². The molecule has 2 aliphatic rings. The lowest BCUT2D eigenvalue weighted by molar-refractivity contribution is -0.136. The summed E-state index contributed by atoms with van der Waals surface area (Å²) >= 11 is 0. The molecule has 2 fully saturated rings. The molecule has 0 saturated carbocycles. The lowest BCUT2D eigenvalue weighted by Gasteiger charge is -2.34. The van der Waals surface area contributed by atoms with Gasteiger partial charge in [-0.25, -0.2) is 9.59 Å². The zero-order valence-electron chi connectivity index (χ0n) is 36.3. The van der Waals surface area contributed by atoms with E-state index in [1.54, 1.807) is 0 Å². The number of alkyl carbamates (subject to hydrolysis) is 2. The van der Waals surface area contributed by atoms with Gasteiger partial charge in [0.05, 0.1) is 20.3 Å². The van der Waals surface area contributed by atoms with Gasteiger partial charge in [0.1, 0.15) is 18.1 Å². The molecule has 0 unspecified atom stereocenters. The van der Waals surface area contributed by atoms with E-state index in [-0.39, 0.29) is 11.9 Å². The topological polar surface area (TPSA) is 150 Å². The zero-order valence-corrected chi connectivity index (χ0v) is 36.3. The number of carbonyl (C=O) groups is 5. The number of hydrogen-bond donors (Lipinski definition) is 3. The van der Waals surface area contributed by atoms with Crippen LogP contribution in [0.5, 0.6) is 0 Å². The second-order valence-electron chi connectivity index (χ2n) is 17.8. The fourth-order valence-corrected chi connectivity index (χ4v) is 7.80. The molecule has 0 aromatic heterocycles. The Morgan fingerprint density at radius 3 is 1.85 bits per heavy atom. The Morgan fingerprint density at radius 2 is 1.28 bits per heavy atom. The summed E-state index contributed by atoms with van der Waals surface area (Å²) in [6.07, 6.45) is 5.95. The number of nitrogens with one attached hydrogen (secondary N) is 3. The number of methoxy groups -OCH3 is 2. The van der Waals surface area contributed by atoms with Gasteiger partial charge >= 0.3 is 12.2 Å². The van der Waals surface area contributed by atoms with Gasteiger partial charge in [0, 0.05) is 37.6 Å². The molecule has 3 aromatic rings. The molecule has 5 rings (SSSR count). The smallest absolute Gasteiger partial charge is 0.407 e. The first kappa shape index (κ1) is 45.2. The molecule has 2 saturated heterocycles. The van der Waals surface area contributed by atoms with E-state index in [4.69, 9.17) is 9.47 Å². The van der Waals surface area contributed by atoms with Crippen molar-refractivity contribution in [1.29, 1.82) is 0 Å². The van der Waals surface area contributed by atoms with Crippen molar-refractivity contribution < 1.29 is 33.4 Å². The molecular formula is C47H62N6O7. The summed E-state index contributed by atoms with van der Waals surface area (Å²) in [5.41, 5.74) is 4.13. The van der Waals surface area contributed by atoms with E-state index >= 15 is 0 Å². The normalized spacial score (nSPS) is 17.8. The molecule has 322 valence electrons. The predicted octanol–water partition coefficient (Wildman–Crippen LogP) is 7.05. The largest absolute Gasteiger partial charge is 0.453 e. The number of carbonyl (C=O) groups excluding carboxylic acids is 5. The molecule has 0 aliphatic carbocycles. The van der Waals surface area contributed by atoms with Crippen molar-refractivity contribution >= 4 is 47.4 Å². The Bertz CT molecular complexity index is 1970. The summed E-state index contributed by atoms with van der Waals surface area (Å²) in [6.45, 7) is 13.9. The van der Waals surface area contributed by atoms with Crippen molar-refractivity contribution in [2.75, 3.05) is 37.1 Å². The van der Waals surface area contributed by atoms with Gasteiger partial charge in [-0.2, -0.15) is 0 Å². The fraction of sp³-hybridized carbons (Fsp3) is 0.468. The Hall–Kier alpha value is -5.85. The number of anilines is 2. The highest BCUT2D eigenvalue weighted by Crippen LogP contribution is 2.29. The van der Waals surface area contributed by atoms with Gasteiger partial charge in [-0.1, -0.05) is 108 Å². The molecule has 3 N–H and O–H groups in total. The van der Waals surface area contributed by atoms with Crippen LogP contribution in [0.4, 0.5) is 21.0 Å². The molecule has 0 radical (unpaired) electrons. The van der Waals surface area contributed by atoms with Crippen LogP contribution in [-0.2, 0) is 36.9 Å². The second kappa shape index (κ2) is 19.9. The maximum atomic E-state index is 13.7. The van der Waals surface area contributed by atoms with Crippen LogP contribution < -0.4 is 25.8 Å². The number of imide groups is 1. The van der Waals surface area contributed by atoms with Crippen molar-refractivity contribution in [2.45, 2.75) is 104 Å². The quantitative estimate of drug-likeness (QED) is 0.165. The second-order valence-corrected chi connectivity index (χ2v) is 17.8. The molecule has 4 atom stereocenters. The molecule has 2 heterocycles. The van der Waals surface area contributed by atoms with Crippen molar-refractivity contribution in [2.24, 2.45) is 10.8 Å². The number of amides is 5. The first-order valence-corrected chi connectivity index (χ1v) is 20.8. The predicted molar refractivity (Wildman–Crippen MR) is 234 cm³/mol. The van der Waals surface area contributed by atoms with Gasteiger partial charge in [-0.15, -0.1) is 0 Å². The average Bonchev–Trinajstić information content (AvgIpc) is 3.91. The maximum Gasteiger partial charge on any atom is 0.407 e. The van der Waals surface area contributed by atoms with Crippen LogP contribution >= 0.6 is 0 Å². The van der Waals surface area contributed by atoms with Gasteiger partial charge in [0.2, 0.25) is 17.7 Å². The molecule has 2 aliphatic heterocycles. The number of ether oxygens (including phenoxy) is 2. The van der Waals surface area contributed by atoms with Gasteiger partial charge < -0.3 is 34.8 Å². The SMILES string of the molecule is COC(=O)N[C@H](C(=O)NC(=O)[C@@H]1CCCN1c1ccc(CN(Cc2ccc(/C=C/[C@@H]3CCCN3C(=O)[C@@H](NC(=O)OC)C(C)(C)C)cc2)c2ccccc2)cc1)C(C)(C)C. The highest BCUT2D eigenvalue weighted by molar-refractivity contribution is 6.02. The summed E-state index contributed by atoms with van der Waals surface area (Å²) in [7, 11) is 2.53. The summed E-state index contributed by atoms with van der Waals surface area (Å²) in [4.78, 5) is 70.5. The van der Waals surface area contributed by atoms with E-state index in [9.17, 15) is 24.0 Å². The highest BCUT2D eigenvalue weighted by Gasteiger charge is 2.40. The molecule has 3 aromatic carbocycles. The van der Waals surface area contributed by atoms with E-state index in [1.807, 2.05) is 81.7 Å². The third kappa shape index (κ3) is 11.9. The Morgan fingerprint density at radius 1 is 0.733 bits per heavy atom. The third-order valence-corrected chi connectivity index (χ3v) is 11.1. The third-order valence-electron chi connectivity index (χ3n) is 11.1. The maximum absolute atomic E-state index is 13.7. The Labute approximate surface area is 354 Å². The Balaban J connectivity index is 1.23. The summed E-state index contributed by atoms with van der Waals surface area (Å²) in [6, 6.07) is 24.7. The van der Waals surface area contributed by atoms with Crippen molar-refractivity contribution in [3.8, 4) is 0 Å². The van der Waals surface area contributed by atoms with Crippen LogP contribution in [0.3, 0.4) is 0 Å². The lowest BCUT2D eigenvalue weighted by atomic mass is 9.85. The minimum absolute atomic E-state index is 0.0674. The molecule has 13 nitrogen and oxygen atoms in total. The van der Waals surface area contributed by atoms with Gasteiger partial charge in [-0.3, -0.25) is 19.7 Å².